The van der Waals surface area contributed by atoms with Gasteiger partial charge >= 0.3 is 0 Å². The highest BCUT2D eigenvalue weighted by molar-refractivity contribution is 5.49. The molecular formula is C18H27N. The summed E-state index contributed by atoms with van der Waals surface area (Å²) >= 11 is 0. The van der Waals surface area contributed by atoms with Crippen LogP contribution in [-0.4, -0.2) is 6.04 Å². The van der Waals surface area contributed by atoms with Crippen molar-refractivity contribution in [2.45, 2.75) is 76.7 Å². The molecule has 0 amide bonds. The quantitative estimate of drug-likeness (QED) is 0.778. The number of hydrogen-bond acceptors (Lipinski definition) is 1. The monoisotopic (exact) mass is 257 g/mol. The van der Waals surface area contributed by atoms with E-state index in [1.165, 1.54) is 76.3 Å². The minimum atomic E-state index is 0.723. The third-order valence-corrected chi connectivity index (χ3v) is 4.82. The van der Waals surface area contributed by atoms with Gasteiger partial charge in [-0.15, -0.1) is 0 Å². The highest BCUT2D eigenvalue weighted by Gasteiger charge is 2.14. The fourth-order valence-corrected chi connectivity index (χ4v) is 3.66. The second kappa shape index (κ2) is 6.45. The van der Waals surface area contributed by atoms with Crippen LogP contribution in [-0.2, 0) is 12.8 Å². The van der Waals surface area contributed by atoms with Crippen LogP contribution >= 0.6 is 0 Å². The van der Waals surface area contributed by atoms with Gasteiger partial charge in [0.2, 0.25) is 0 Å². The Kier molecular flexibility index (Phi) is 4.42. The van der Waals surface area contributed by atoms with Crippen molar-refractivity contribution in [1.82, 2.24) is 0 Å². The second-order valence-electron chi connectivity index (χ2n) is 6.38. The van der Waals surface area contributed by atoms with Gasteiger partial charge < -0.3 is 5.32 Å². The van der Waals surface area contributed by atoms with Crippen LogP contribution in [0, 0.1) is 0 Å². The van der Waals surface area contributed by atoms with E-state index >= 15 is 0 Å². The summed E-state index contributed by atoms with van der Waals surface area (Å²) in [6.45, 7) is 0. The van der Waals surface area contributed by atoms with E-state index in [1.54, 1.807) is 11.1 Å². The lowest BCUT2D eigenvalue weighted by molar-refractivity contribution is 0.462. The van der Waals surface area contributed by atoms with Gasteiger partial charge in [0.1, 0.15) is 0 Å². The number of anilines is 1. The maximum Gasteiger partial charge on any atom is 0.0345 e. The molecule has 0 saturated heterocycles. The van der Waals surface area contributed by atoms with Crippen LogP contribution < -0.4 is 5.32 Å². The van der Waals surface area contributed by atoms with E-state index in [0.29, 0.717) is 0 Å². The van der Waals surface area contributed by atoms with Crippen LogP contribution in [0.4, 0.5) is 5.69 Å². The first-order chi connectivity index (χ1) is 9.42. The van der Waals surface area contributed by atoms with Crippen molar-refractivity contribution in [3.63, 3.8) is 0 Å². The molecule has 3 rings (SSSR count). The topological polar surface area (TPSA) is 12.0 Å². The van der Waals surface area contributed by atoms with Crippen molar-refractivity contribution < 1.29 is 0 Å². The second-order valence-corrected chi connectivity index (χ2v) is 6.38. The summed E-state index contributed by atoms with van der Waals surface area (Å²) in [5.41, 5.74) is 4.58. The number of hydrogen-bond donors (Lipinski definition) is 1. The van der Waals surface area contributed by atoms with Crippen LogP contribution in [0.1, 0.15) is 68.9 Å². The Morgan fingerprint density at radius 2 is 1.42 bits per heavy atom. The number of nitrogens with one attached hydrogen (secondary N) is 1. The van der Waals surface area contributed by atoms with E-state index in [-0.39, 0.29) is 0 Å². The molecular weight excluding hydrogens is 230 g/mol. The molecule has 1 nitrogen and oxygen atoms in total. The normalized spacial score (nSPS) is 21.3. The SMILES string of the molecule is c1cc2c(cc1NC1CCCCC1)CCCCCC2. The van der Waals surface area contributed by atoms with Crippen LogP contribution in [0.3, 0.4) is 0 Å². The van der Waals surface area contributed by atoms with Gasteiger partial charge in [-0.3, -0.25) is 0 Å². The smallest absolute Gasteiger partial charge is 0.0345 e. The summed E-state index contributed by atoms with van der Waals surface area (Å²) in [5, 5.41) is 3.77. The molecule has 0 spiro atoms. The first kappa shape index (κ1) is 13.0. The summed E-state index contributed by atoms with van der Waals surface area (Å²) in [6.07, 6.45) is 15.1. The summed E-state index contributed by atoms with van der Waals surface area (Å²) in [6, 6.07) is 7.86. The minimum Gasteiger partial charge on any atom is -0.382 e. The predicted octanol–water partition coefficient (Wildman–Crippen LogP) is 5.09. The lowest BCUT2D eigenvalue weighted by atomic mass is 9.92. The van der Waals surface area contributed by atoms with Crippen LogP contribution in [0.5, 0.6) is 0 Å². The molecule has 104 valence electrons. The summed E-state index contributed by atoms with van der Waals surface area (Å²) < 4.78 is 0. The minimum absolute atomic E-state index is 0.723. The molecule has 2 aliphatic rings. The largest absolute Gasteiger partial charge is 0.382 e. The zero-order valence-corrected chi connectivity index (χ0v) is 12.1. The Bertz CT molecular complexity index is 404. The summed E-state index contributed by atoms with van der Waals surface area (Å²) in [5.74, 6) is 0. The third-order valence-electron chi connectivity index (χ3n) is 4.82. The van der Waals surface area contributed by atoms with Gasteiger partial charge in [0.05, 0.1) is 0 Å². The molecule has 19 heavy (non-hydrogen) atoms. The maximum absolute atomic E-state index is 3.77. The molecule has 1 aromatic carbocycles. The highest BCUT2D eigenvalue weighted by Crippen LogP contribution is 2.26. The van der Waals surface area contributed by atoms with Gasteiger partial charge in [-0.05, 0) is 61.8 Å². The molecule has 2 aliphatic carbocycles. The van der Waals surface area contributed by atoms with Crippen molar-refractivity contribution in [3.8, 4) is 0 Å². The van der Waals surface area contributed by atoms with Gasteiger partial charge in [-0.25, -0.2) is 0 Å². The molecule has 0 aliphatic heterocycles. The van der Waals surface area contributed by atoms with Gasteiger partial charge in [0.15, 0.2) is 0 Å². The molecule has 0 atom stereocenters. The number of rotatable bonds is 2. The lowest BCUT2D eigenvalue weighted by Gasteiger charge is -2.24. The standard InChI is InChI=1S/C18H27N/c1-2-5-9-16-14-18(13-12-15(16)8-4-1)19-17-10-6-3-7-11-17/h12-14,17,19H,1-11H2. The van der Waals surface area contributed by atoms with E-state index in [9.17, 15) is 0 Å². The Morgan fingerprint density at radius 1 is 0.737 bits per heavy atom. The fourth-order valence-electron chi connectivity index (χ4n) is 3.66. The average molecular weight is 257 g/mol. The van der Waals surface area contributed by atoms with Crippen LogP contribution in [0.15, 0.2) is 18.2 Å². The third kappa shape index (κ3) is 3.52. The Hall–Kier alpha value is -0.980. The van der Waals surface area contributed by atoms with Crippen LogP contribution in [0.2, 0.25) is 0 Å². The van der Waals surface area contributed by atoms with Crippen molar-refractivity contribution in [1.29, 1.82) is 0 Å². The van der Waals surface area contributed by atoms with Gasteiger partial charge in [0, 0.05) is 11.7 Å². The lowest BCUT2D eigenvalue weighted by Crippen LogP contribution is -2.22. The van der Waals surface area contributed by atoms with Crippen molar-refractivity contribution in [2.75, 3.05) is 5.32 Å². The van der Waals surface area contributed by atoms with E-state index in [2.05, 4.69) is 23.5 Å². The van der Waals surface area contributed by atoms with E-state index in [0.717, 1.165) is 6.04 Å². The van der Waals surface area contributed by atoms with Gasteiger partial charge in [-0.1, -0.05) is 38.2 Å². The van der Waals surface area contributed by atoms with Gasteiger partial charge in [-0.2, -0.15) is 0 Å². The molecule has 0 bridgehead atoms. The number of benzene rings is 1. The first-order valence-corrected chi connectivity index (χ1v) is 8.30. The number of aryl methyl sites for hydroxylation is 2. The maximum atomic E-state index is 3.77. The molecule has 0 unspecified atom stereocenters. The Morgan fingerprint density at radius 3 is 2.21 bits per heavy atom. The molecule has 1 fully saturated rings. The highest BCUT2D eigenvalue weighted by atomic mass is 14.9. The molecule has 1 N–H and O–H groups in total. The zero-order chi connectivity index (χ0) is 12.9. The number of fused-ring (bicyclic) bond motifs is 1. The first-order valence-electron chi connectivity index (χ1n) is 8.30. The van der Waals surface area contributed by atoms with Crippen molar-refractivity contribution >= 4 is 5.69 Å². The van der Waals surface area contributed by atoms with E-state index in [4.69, 9.17) is 0 Å². The average Bonchev–Trinajstić information content (AvgIpc) is 2.42. The van der Waals surface area contributed by atoms with E-state index in [1.807, 2.05) is 0 Å². The molecule has 1 saturated carbocycles. The Labute approximate surface area is 117 Å². The molecule has 1 heteroatoms. The molecule has 0 aromatic heterocycles. The fraction of sp³-hybridized carbons (Fsp3) is 0.667. The summed E-state index contributed by atoms with van der Waals surface area (Å²) in [4.78, 5) is 0. The molecule has 0 radical (unpaired) electrons. The van der Waals surface area contributed by atoms with Crippen molar-refractivity contribution in [2.24, 2.45) is 0 Å². The van der Waals surface area contributed by atoms with Crippen LogP contribution in [0.25, 0.3) is 0 Å². The van der Waals surface area contributed by atoms with E-state index < -0.39 is 0 Å². The summed E-state index contributed by atoms with van der Waals surface area (Å²) in [7, 11) is 0. The molecule has 0 heterocycles. The Balaban J connectivity index is 1.70. The molecule has 1 aromatic rings. The predicted molar refractivity (Wildman–Crippen MR) is 82.8 cm³/mol. The van der Waals surface area contributed by atoms with Crippen molar-refractivity contribution in [3.05, 3.63) is 29.3 Å². The zero-order valence-electron chi connectivity index (χ0n) is 12.1. The van der Waals surface area contributed by atoms with Gasteiger partial charge in [0.25, 0.3) is 0 Å².